The fourth-order valence-corrected chi connectivity index (χ4v) is 4.12. The van der Waals surface area contributed by atoms with Crippen molar-refractivity contribution in [3.8, 4) is 0 Å². The Kier molecular flexibility index (Phi) is 5.97. The van der Waals surface area contributed by atoms with Crippen LogP contribution in [-0.2, 0) is 20.7 Å². The summed E-state index contributed by atoms with van der Waals surface area (Å²) in [5.74, 6) is 0.258. The first-order valence-corrected chi connectivity index (χ1v) is 9.70. The third-order valence-electron chi connectivity index (χ3n) is 5.53. The summed E-state index contributed by atoms with van der Waals surface area (Å²) in [6, 6.07) is 4.28. The molecular weight excluding hydrogens is 328 g/mol. The van der Waals surface area contributed by atoms with Gasteiger partial charge in [-0.05, 0) is 56.7 Å². The van der Waals surface area contributed by atoms with Gasteiger partial charge in [0.05, 0.1) is 6.42 Å². The van der Waals surface area contributed by atoms with Crippen molar-refractivity contribution >= 4 is 11.8 Å². The SMILES string of the molecule is Cc1cc(C)c(CC(=O)N2CCCN(C(=O)C3CCCO3)CC2)c(C)c1. The first kappa shape index (κ1) is 18.9. The standard InChI is InChI=1S/C21H30N2O3/c1-15-12-16(2)18(17(3)13-15)14-20(24)22-7-5-8-23(10-9-22)21(25)19-6-4-11-26-19/h12-13,19H,4-11,14H2,1-3H3. The molecule has 1 aromatic carbocycles. The van der Waals surface area contributed by atoms with E-state index in [4.69, 9.17) is 4.74 Å². The van der Waals surface area contributed by atoms with E-state index in [1.54, 1.807) is 0 Å². The molecule has 0 bridgehead atoms. The van der Waals surface area contributed by atoms with Crippen LogP contribution in [0.3, 0.4) is 0 Å². The molecule has 0 spiro atoms. The van der Waals surface area contributed by atoms with Gasteiger partial charge in [0.2, 0.25) is 5.91 Å². The Morgan fingerprint density at radius 3 is 2.31 bits per heavy atom. The zero-order chi connectivity index (χ0) is 18.7. The zero-order valence-corrected chi connectivity index (χ0v) is 16.2. The molecule has 1 unspecified atom stereocenters. The summed E-state index contributed by atoms with van der Waals surface area (Å²) < 4.78 is 5.53. The predicted octanol–water partition coefficient (Wildman–Crippen LogP) is 2.39. The van der Waals surface area contributed by atoms with Gasteiger partial charge in [0.15, 0.2) is 0 Å². The van der Waals surface area contributed by atoms with E-state index < -0.39 is 0 Å². The molecule has 26 heavy (non-hydrogen) atoms. The van der Waals surface area contributed by atoms with E-state index in [1.807, 2.05) is 9.80 Å². The number of ether oxygens (including phenoxy) is 1. The summed E-state index contributed by atoms with van der Waals surface area (Å²) in [5.41, 5.74) is 4.73. The lowest BCUT2D eigenvalue weighted by Crippen LogP contribution is -2.42. The Morgan fingerprint density at radius 1 is 1.00 bits per heavy atom. The Balaban J connectivity index is 1.60. The lowest BCUT2D eigenvalue weighted by atomic mass is 9.97. The van der Waals surface area contributed by atoms with Crippen LogP contribution in [0.15, 0.2) is 12.1 Å². The summed E-state index contributed by atoms with van der Waals surface area (Å²) in [6.45, 7) is 9.57. The number of rotatable bonds is 3. The first-order valence-electron chi connectivity index (χ1n) is 9.70. The number of nitrogens with zero attached hydrogens (tertiary/aromatic N) is 2. The fourth-order valence-electron chi connectivity index (χ4n) is 4.12. The minimum absolute atomic E-state index is 0.0991. The van der Waals surface area contributed by atoms with Crippen LogP contribution in [0.25, 0.3) is 0 Å². The molecule has 5 nitrogen and oxygen atoms in total. The lowest BCUT2D eigenvalue weighted by molar-refractivity contribution is -0.141. The van der Waals surface area contributed by atoms with Crippen molar-refractivity contribution in [2.75, 3.05) is 32.8 Å². The molecule has 0 radical (unpaired) electrons. The second kappa shape index (κ2) is 8.21. The molecule has 1 aromatic rings. The number of hydrogen-bond donors (Lipinski definition) is 0. The van der Waals surface area contributed by atoms with Crippen molar-refractivity contribution in [3.63, 3.8) is 0 Å². The molecule has 2 heterocycles. The van der Waals surface area contributed by atoms with Crippen molar-refractivity contribution < 1.29 is 14.3 Å². The summed E-state index contributed by atoms with van der Waals surface area (Å²) in [5, 5.41) is 0. The van der Waals surface area contributed by atoms with Gasteiger partial charge in [-0.3, -0.25) is 9.59 Å². The fraction of sp³-hybridized carbons (Fsp3) is 0.619. The first-order chi connectivity index (χ1) is 12.5. The molecule has 1 atom stereocenters. The highest BCUT2D eigenvalue weighted by molar-refractivity contribution is 5.82. The highest BCUT2D eigenvalue weighted by atomic mass is 16.5. The van der Waals surface area contributed by atoms with Crippen LogP contribution in [0.1, 0.15) is 41.5 Å². The van der Waals surface area contributed by atoms with Crippen molar-refractivity contribution in [1.29, 1.82) is 0 Å². The monoisotopic (exact) mass is 358 g/mol. The molecule has 0 saturated carbocycles. The van der Waals surface area contributed by atoms with Crippen LogP contribution < -0.4 is 0 Å². The molecule has 2 fully saturated rings. The van der Waals surface area contributed by atoms with Gasteiger partial charge >= 0.3 is 0 Å². The van der Waals surface area contributed by atoms with Gasteiger partial charge in [0, 0.05) is 32.8 Å². The summed E-state index contributed by atoms with van der Waals surface area (Å²) in [7, 11) is 0. The quantitative estimate of drug-likeness (QED) is 0.834. The lowest BCUT2D eigenvalue weighted by Gasteiger charge is -2.24. The second-order valence-electron chi connectivity index (χ2n) is 7.62. The number of benzene rings is 1. The minimum atomic E-state index is -0.268. The van der Waals surface area contributed by atoms with Crippen LogP contribution in [0.4, 0.5) is 0 Å². The van der Waals surface area contributed by atoms with Crippen LogP contribution >= 0.6 is 0 Å². The average molecular weight is 358 g/mol. The third-order valence-corrected chi connectivity index (χ3v) is 5.53. The Hall–Kier alpha value is -1.88. The van der Waals surface area contributed by atoms with E-state index in [-0.39, 0.29) is 17.9 Å². The van der Waals surface area contributed by atoms with Crippen LogP contribution in [0.5, 0.6) is 0 Å². The molecule has 142 valence electrons. The van der Waals surface area contributed by atoms with Crippen molar-refractivity contribution in [3.05, 3.63) is 34.4 Å². The maximum absolute atomic E-state index is 12.8. The molecule has 0 aliphatic carbocycles. The highest BCUT2D eigenvalue weighted by Crippen LogP contribution is 2.19. The van der Waals surface area contributed by atoms with Gasteiger partial charge in [-0.15, -0.1) is 0 Å². The van der Waals surface area contributed by atoms with Gasteiger partial charge < -0.3 is 14.5 Å². The van der Waals surface area contributed by atoms with E-state index in [0.717, 1.165) is 31.4 Å². The minimum Gasteiger partial charge on any atom is -0.368 e. The van der Waals surface area contributed by atoms with E-state index in [1.165, 1.54) is 16.7 Å². The van der Waals surface area contributed by atoms with Crippen molar-refractivity contribution in [2.45, 2.75) is 52.6 Å². The van der Waals surface area contributed by atoms with Crippen LogP contribution in [0.2, 0.25) is 0 Å². The molecule has 2 aliphatic rings. The molecule has 3 rings (SSSR count). The summed E-state index contributed by atoms with van der Waals surface area (Å²) in [6.07, 6.45) is 2.79. The number of aryl methyl sites for hydroxylation is 3. The van der Waals surface area contributed by atoms with E-state index in [9.17, 15) is 9.59 Å². The maximum Gasteiger partial charge on any atom is 0.251 e. The van der Waals surface area contributed by atoms with Crippen LogP contribution in [0, 0.1) is 20.8 Å². The third kappa shape index (κ3) is 4.26. The zero-order valence-electron chi connectivity index (χ0n) is 16.2. The Bertz CT molecular complexity index is 657. The van der Waals surface area contributed by atoms with E-state index in [2.05, 4.69) is 32.9 Å². The van der Waals surface area contributed by atoms with Gasteiger partial charge in [-0.1, -0.05) is 17.7 Å². The number of amides is 2. The largest absolute Gasteiger partial charge is 0.368 e. The smallest absolute Gasteiger partial charge is 0.251 e. The number of hydrogen-bond acceptors (Lipinski definition) is 3. The van der Waals surface area contributed by atoms with Gasteiger partial charge in [-0.25, -0.2) is 0 Å². The van der Waals surface area contributed by atoms with Crippen molar-refractivity contribution in [1.82, 2.24) is 9.80 Å². The average Bonchev–Trinajstić information content (AvgIpc) is 3.01. The van der Waals surface area contributed by atoms with Crippen LogP contribution in [-0.4, -0.2) is 60.5 Å². The molecular formula is C21H30N2O3. The molecule has 2 saturated heterocycles. The number of carbonyl (C=O) groups excluding carboxylic acids is 2. The molecule has 2 aliphatic heterocycles. The molecule has 2 amide bonds. The maximum atomic E-state index is 12.8. The highest BCUT2D eigenvalue weighted by Gasteiger charge is 2.30. The second-order valence-corrected chi connectivity index (χ2v) is 7.62. The Labute approximate surface area is 156 Å². The number of carbonyl (C=O) groups is 2. The normalized spacial score (nSPS) is 21.0. The van der Waals surface area contributed by atoms with Gasteiger partial charge in [0.25, 0.3) is 5.91 Å². The summed E-state index contributed by atoms with van der Waals surface area (Å²) in [4.78, 5) is 29.2. The molecule has 5 heteroatoms. The molecule has 0 N–H and O–H groups in total. The van der Waals surface area contributed by atoms with E-state index >= 15 is 0 Å². The Morgan fingerprint density at radius 2 is 1.65 bits per heavy atom. The predicted molar refractivity (Wildman–Crippen MR) is 101 cm³/mol. The van der Waals surface area contributed by atoms with E-state index in [0.29, 0.717) is 32.7 Å². The molecule has 0 aromatic heterocycles. The van der Waals surface area contributed by atoms with Gasteiger partial charge in [-0.2, -0.15) is 0 Å². The van der Waals surface area contributed by atoms with Crippen molar-refractivity contribution in [2.24, 2.45) is 0 Å². The summed E-state index contributed by atoms with van der Waals surface area (Å²) >= 11 is 0. The topological polar surface area (TPSA) is 49.9 Å². The van der Waals surface area contributed by atoms with Gasteiger partial charge in [0.1, 0.15) is 6.10 Å².